The van der Waals surface area contributed by atoms with E-state index in [1.807, 2.05) is 0 Å². The minimum atomic E-state index is 0.369. The van der Waals surface area contributed by atoms with Crippen molar-refractivity contribution >= 4 is 0 Å². The number of allylic oxidation sites excluding steroid dienone is 4. The third-order valence-electron chi connectivity index (χ3n) is 5.15. The molecule has 0 aliphatic heterocycles. The lowest BCUT2D eigenvalue weighted by atomic mass is 9.72. The van der Waals surface area contributed by atoms with E-state index in [9.17, 15) is 0 Å². The Balaban J connectivity index is 2.44. The molecule has 0 heterocycles. The van der Waals surface area contributed by atoms with Crippen molar-refractivity contribution in [3.63, 3.8) is 0 Å². The highest BCUT2D eigenvalue weighted by Gasteiger charge is 2.26. The Morgan fingerprint density at radius 3 is 2.52 bits per heavy atom. The largest absolute Gasteiger partial charge is 0.330 e. The van der Waals surface area contributed by atoms with Crippen LogP contribution in [0.25, 0.3) is 0 Å². The number of hydrogen-bond donors (Lipinski definition) is 1. The summed E-state index contributed by atoms with van der Waals surface area (Å²) in [5, 5.41) is 0. The molecule has 0 saturated heterocycles. The SMILES string of the molecule is CC1=C(/C=C/C(C)CCC[C@H](C)CCN)C(C)(C)CCC1. The topological polar surface area (TPSA) is 26.0 Å². The molecule has 0 bridgehead atoms. The Morgan fingerprint density at radius 1 is 1.19 bits per heavy atom. The second kappa shape index (κ2) is 8.78. The maximum absolute atomic E-state index is 5.61. The van der Waals surface area contributed by atoms with Crippen LogP contribution in [0.1, 0.15) is 79.6 Å². The second-order valence-corrected chi connectivity index (χ2v) is 7.88. The summed E-state index contributed by atoms with van der Waals surface area (Å²) in [5.41, 5.74) is 9.18. The molecule has 21 heavy (non-hydrogen) atoms. The summed E-state index contributed by atoms with van der Waals surface area (Å²) < 4.78 is 0. The summed E-state index contributed by atoms with van der Waals surface area (Å²) in [5.74, 6) is 1.47. The van der Waals surface area contributed by atoms with E-state index in [2.05, 4.69) is 46.8 Å². The Kier molecular flexibility index (Phi) is 7.73. The van der Waals surface area contributed by atoms with Crippen LogP contribution < -0.4 is 5.73 Å². The van der Waals surface area contributed by atoms with Gasteiger partial charge in [0.25, 0.3) is 0 Å². The molecule has 1 nitrogen and oxygen atoms in total. The lowest BCUT2D eigenvalue weighted by molar-refractivity contribution is 0.376. The van der Waals surface area contributed by atoms with Crippen LogP contribution >= 0.6 is 0 Å². The van der Waals surface area contributed by atoms with Gasteiger partial charge >= 0.3 is 0 Å². The van der Waals surface area contributed by atoms with E-state index in [0.717, 1.165) is 12.5 Å². The smallest absolute Gasteiger partial charge is 0.00747 e. The van der Waals surface area contributed by atoms with Gasteiger partial charge in [0, 0.05) is 0 Å². The van der Waals surface area contributed by atoms with Crippen molar-refractivity contribution in [2.24, 2.45) is 23.0 Å². The minimum Gasteiger partial charge on any atom is -0.330 e. The standard InChI is InChI=1S/C20H37N/c1-16(8-6-9-17(2)13-15-21)11-12-19-18(3)10-7-14-20(19,4)5/h11-12,16-17H,6-10,13-15,21H2,1-5H3/b12-11+/t16?,17-/m0/s1. The molecule has 1 unspecified atom stereocenters. The van der Waals surface area contributed by atoms with Crippen molar-refractivity contribution in [1.82, 2.24) is 0 Å². The second-order valence-electron chi connectivity index (χ2n) is 7.88. The van der Waals surface area contributed by atoms with Crippen molar-refractivity contribution in [1.29, 1.82) is 0 Å². The normalized spacial score (nSPS) is 21.8. The van der Waals surface area contributed by atoms with Crippen LogP contribution in [-0.4, -0.2) is 6.54 Å². The molecule has 1 heteroatoms. The summed E-state index contributed by atoms with van der Waals surface area (Å²) >= 11 is 0. The molecule has 0 amide bonds. The van der Waals surface area contributed by atoms with E-state index in [1.165, 1.54) is 44.9 Å². The molecule has 1 aliphatic carbocycles. The third kappa shape index (κ3) is 6.38. The molecular formula is C20H37N. The summed E-state index contributed by atoms with van der Waals surface area (Å²) in [4.78, 5) is 0. The zero-order valence-corrected chi connectivity index (χ0v) is 15.0. The van der Waals surface area contributed by atoms with Crippen molar-refractivity contribution in [3.05, 3.63) is 23.3 Å². The molecule has 122 valence electrons. The number of hydrogen-bond acceptors (Lipinski definition) is 1. The zero-order chi connectivity index (χ0) is 15.9. The van der Waals surface area contributed by atoms with E-state index in [0.29, 0.717) is 11.3 Å². The van der Waals surface area contributed by atoms with Crippen LogP contribution in [0.5, 0.6) is 0 Å². The van der Waals surface area contributed by atoms with Gasteiger partial charge in [-0.25, -0.2) is 0 Å². The molecule has 0 aromatic carbocycles. The van der Waals surface area contributed by atoms with Gasteiger partial charge in [0.1, 0.15) is 0 Å². The van der Waals surface area contributed by atoms with E-state index in [1.54, 1.807) is 11.1 Å². The lowest BCUT2D eigenvalue weighted by Crippen LogP contribution is -2.19. The first-order chi connectivity index (χ1) is 9.86. The van der Waals surface area contributed by atoms with Crippen LogP contribution in [0.4, 0.5) is 0 Å². The summed E-state index contributed by atoms with van der Waals surface area (Å²) in [6, 6.07) is 0. The average molecular weight is 292 g/mol. The third-order valence-corrected chi connectivity index (χ3v) is 5.15. The van der Waals surface area contributed by atoms with Crippen LogP contribution in [0.15, 0.2) is 23.3 Å². The van der Waals surface area contributed by atoms with Crippen LogP contribution in [0, 0.1) is 17.3 Å². The fourth-order valence-electron chi connectivity index (χ4n) is 3.58. The van der Waals surface area contributed by atoms with Gasteiger partial charge in [0.2, 0.25) is 0 Å². The highest BCUT2D eigenvalue weighted by molar-refractivity contribution is 5.32. The van der Waals surface area contributed by atoms with Gasteiger partial charge in [-0.05, 0) is 68.4 Å². The Hall–Kier alpha value is -0.560. The molecule has 0 saturated carbocycles. The summed E-state index contributed by atoms with van der Waals surface area (Å²) in [7, 11) is 0. The first-order valence-corrected chi connectivity index (χ1v) is 8.95. The first kappa shape index (κ1) is 18.5. The highest BCUT2D eigenvalue weighted by Crippen LogP contribution is 2.40. The van der Waals surface area contributed by atoms with Gasteiger partial charge < -0.3 is 5.73 Å². The van der Waals surface area contributed by atoms with Crippen LogP contribution in [0.3, 0.4) is 0 Å². The predicted molar refractivity (Wildman–Crippen MR) is 95.3 cm³/mol. The van der Waals surface area contributed by atoms with E-state index < -0.39 is 0 Å². The van der Waals surface area contributed by atoms with Crippen LogP contribution in [-0.2, 0) is 0 Å². The predicted octanol–water partition coefficient (Wildman–Crippen LogP) is 5.86. The van der Waals surface area contributed by atoms with E-state index in [4.69, 9.17) is 5.73 Å². The maximum atomic E-state index is 5.61. The van der Waals surface area contributed by atoms with Crippen molar-refractivity contribution in [2.45, 2.75) is 79.6 Å². The molecule has 2 atom stereocenters. The first-order valence-electron chi connectivity index (χ1n) is 8.95. The van der Waals surface area contributed by atoms with Gasteiger partial charge in [-0.3, -0.25) is 0 Å². The van der Waals surface area contributed by atoms with Gasteiger partial charge in [0.15, 0.2) is 0 Å². The average Bonchev–Trinajstić information content (AvgIpc) is 2.37. The minimum absolute atomic E-state index is 0.369. The van der Waals surface area contributed by atoms with Crippen LogP contribution in [0.2, 0.25) is 0 Å². The molecule has 1 rings (SSSR count). The molecular weight excluding hydrogens is 254 g/mol. The Morgan fingerprint density at radius 2 is 1.90 bits per heavy atom. The van der Waals surface area contributed by atoms with E-state index >= 15 is 0 Å². The van der Waals surface area contributed by atoms with Crippen molar-refractivity contribution < 1.29 is 0 Å². The maximum Gasteiger partial charge on any atom is -0.00747 e. The fraction of sp³-hybridized carbons (Fsp3) is 0.800. The molecule has 0 spiro atoms. The Labute approximate surface area is 133 Å². The number of nitrogens with two attached hydrogens (primary N) is 1. The molecule has 0 fully saturated rings. The monoisotopic (exact) mass is 291 g/mol. The summed E-state index contributed by atoms with van der Waals surface area (Å²) in [6.45, 7) is 12.6. The lowest BCUT2D eigenvalue weighted by Gasteiger charge is -2.33. The van der Waals surface area contributed by atoms with E-state index in [-0.39, 0.29) is 0 Å². The zero-order valence-electron chi connectivity index (χ0n) is 15.0. The van der Waals surface area contributed by atoms with Gasteiger partial charge in [-0.2, -0.15) is 0 Å². The molecule has 0 aromatic heterocycles. The number of rotatable bonds is 8. The Bertz CT molecular complexity index is 362. The summed E-state index contributed by atoms with van der Waals surface area (Å²) in [6.07, 6.45) is 14.0. The quantitative estimate of drug-likeness (QED) is 0.595. The molecule has 2 N–H and O–H groups in total. The van der Waals surface area contributed by atoms with Gasteiger partial charge in [-0.15, -0.1) is 0 Å². The van der Waals surface area contributed by atoms with Gasteiger partial charge in [0.05, 0.1) is 0 Å². The highest BCUT2D eigenvalue weighted by atomic mass is 14.5. The molecule has 1 aliphatic rings. The van der Waals surface area contributed by atoms with Crippen molar-refractivity contribution in [3.8, 4) is 0 Å². The van der Waals surface area contributed by atoms with Gasteiger partial charge in [-0.1, -0.05) is 58.3 Å². The molecule has 0 aromatic rings. The van der Waals surface area contributed by atoms with Crippen molar-refractivity contribution in [2.75, 3.05) is 6.54 Å². The molecule has 0 radical (unpaired) electrons. The fourth-order valence-corrected chi connectivity index (χ4v) is 3.58.